The zero-order valence-electron chi connectivity index (χ0n) is 16.4. The van der Waals surface area contributed by atoms with E-state index in [1.54, 1.807) is 6.20 Å². The van der Waals surface area contributed by atoms with Crippen LogP contribution in [0.15, 0.2) is 91.3 Å². The van der Waals surface area contributed by atoms with E-state index in [0.29, 0.717) is 0 Å². The molecule has 3 nitrogen and oxygen atoms in total. The van der Waals surface area contributed by atoms with Gasteiger partial charge in [0.2, 0.25) is 0 Å². The van der Waals surface area contributed by atoms with E-state index in [1.165, 1.54) is 11.1 Å². The lowest BCUT2D eigenvalue weighted by molar-refractivity contribution is 0.180. The van der Waals surface area contributed by atoms with E-state index in [2.05, 4.69) is 53.5 Å². The second-order valence-corrected chi connectivity index (χ2v) is 7.25. The van der Waals surface area contributed by atoms with Gasteiger partial charge in [-0.05, 0) is 60.7 Å². The summed E-state index contributed by atoms with van der Waals surface area (Å²) in [4.78, 5) is 4.28. The molecule has 1 atom stereocenters. The number of aromatic nitrogens is 1. The molecular weight excluding hydrogens is 376 g/mol. The number of nitrogens with zero attached hydrogens (tertiary/aromatic N) is 1. The molecule has 4 heteroatoms. The third-order valence-corrected chi connectivity index (χ3v) is 4.85. The van der Waals surface area contributed by atoms with Crippen LogP contribution in [0.2, 0.25) is 0 Å². The zero-order chi connectivity index (χ0) is 20.3. The molecule has 0 radical (unpaired) electrons. The topological polar surface area (TPSA) is 48.1 Å². The fourth-order valence-corrected chi connectivity index (χ4v) is 3.48. The van der Waals surface area contributed by atoms with E-state index in [-0.39, 0.29) is 11.3 Å². The summed E-state index contributed by atoms with van der Waals surface area (Å²) < 4.78 is 5.69. The Morgan fingerprint density at radius 2 is 1.62 bits per heavy atom. The maximum absolute atomic E-state index is 5.69. The van der Waals surface area contributed by atoms with Crippen LogP contribution in [0.25, 0.3) is 5.57 Å². The molecule has 0 aliphatic rings. The summed E-state index contributed by atoms with van der Waals surface area (Å²) in [6, 6.07) is 24.6. The van der Waals surface area contributed by atoms with Gasteiger partial charge < -0.3 is 10.5 Å². The van der Waals surface area contributed by atoms with Gasteiger partial charge in [-0.25, -0.2) is 0 Å². The molecule has 3 aromatic rings. The average molecular weight is 403 g/mol. The van der Waals surface area contributed by atoms with Gasteiger partial charge in [-0.2, -0.15) is 0 Å². The summed E-state index contributed by atoms with van der Waals surface area (Å²) in [5, 5.41) is 0.0988. The maximum Gasteiger partial charge on any atom is 0.254 e. The van der Waals surface area contributed by atoms with Crippen molar-refractivity contribution in [3.63, 3.8) is 0 Å². The van der Waals surface area contributed by atoms with Crippen LogP contribution in [0.4, 0.5) is 0 Å². The number of rotatable bonds is 9. The molecule has 0 fully saturated rings. The first-order chi connectivity index (χ1) is 14.2. The van der Waals surface area contributed by atoms with Crippen molar-refractivity contribution in [1.82, 2.24) is 4.98 Å². The Kier molecular flexibility index (Phi) is 7.96. The highest BCUT2D eigenvalue weighted by atomic mass is 32.1. The van der Waals surface area contributed by atoms with Crippen LogP contribution in [0, 0.1) is 0 Å². The first kappa shape index (κ1) is 20.7. The van der Waals surface area contributed by atoms with Crippen molar-refractivity contribution >= 4 is 23.0 Å². The lowest BCUT2D eigenvalue weighted by Gasteiger charge is -2.18. The Labute approximate surface area is 178 Å². The largest absolute Gasteiger partial charge is 0.463 e. The summed E-state index contributed by atoms with van der Waals surface area (Å²) >= 11 is 4.96. The molecule has 0 bridgehead atoms. The van der Waals surface area contributed by atoms with E-state index < -0.39 is 0 Å². The average Bonchev–Trinajstić information content (AvgIpc) is 2.77. The van der Waals surface area contributed by atoms with Crippen LogP contribution >= 0.6 is 12.2 Å². The first-order valence-electron chi connectivity index (χ1n) is 9.91. The van der Waals surface area contributed by atoms with Gasteiger partial charge >= 0.3 is 0 Å². The molecule has 0 saturated carbocycles. The predicted molar refractivity (Wildman–Crippen MR) is 123 cm³/mol. The van der Waals surface area contributed by atoms with E-state index in [1.807, 2.05) is 36.5 Å². The fraction of sp³-hybridized carbons (Fsp3) is 0.200. The minimum absolute atomic E-state index is 0.0930. The molecule has 0 spiro atoms. The Balaban J connectivity index is 1.63. The van der Waals surface area contributed by atoms with Crippen molar-refractivity contribution in [2.24, 2.45) is 5.73 Å². The molecule has 2 N–H and O–H groups in total. The number of allylic oxidation sites excluding steroid dienone is 1. The summed E-state index contributed by atoms with van der Waals surface area (Å²) in [7, 11) is 0. The minimum Gasteiger partial charge on any atom is -0.463 e. The van der Waals surface area contributed by atoms with Gasteiger partial charge in [-0.15, -0.1) is 0 Å². The van der Waals surface area contributed by atoms with Gasteiger partial charge in [0, 0.05) is 18.0 Å². The smallest absolute Gasteiger partial charge is 0.254 e. The molecule has 1 unspecified atom stereocenters. The number of thiocarbonyl (C=S) groups is 1. The highest BCUT2D eigenvalue weighted by Gasteiger charge is 2.13. The molecule has 3 rings (SSSR count). The van der Waals surface area contributed by atoms with E-state index in [9.17, 15) is 0 Å². The second kappa shape index (κ2) is 11.1. The normalized spacial score (nSPS) is 12.3. The van der Waals surface area contributed by atoms with Crippen molar-refractivity contribution in [2.45, 2.75) is 31.8 Å². The Bertz CT molecular complexity index is 870. The summed E-state index contributed by atoms with van der Waals surface area (Å²) in [5.41, 5.74) is 10.3. The first-order valence-corrected chi connectivity index (χ1v) is 10.3. The minimum atomic E-state index is -0.0930. The van der Waals surface area contributed by atoms with Crippen molar-refractivity contribution in [2.75, 3.05) is 0 Å². The highest BCUT2D eigenvalue weighted by Crippen LogP contribution is 2.26. The van der Waals surface area contributed by atoms with Crippen LogP contribution in [-0.2, 0) is 4.74 Å². The summed E-state index contributed by atoms with van der Waals surface area (Å²) in [5.74, 6) is 0. The Hall–Kier alpha value is -2.98. The summed E-state index contributed by atoms with van der Waals surface area (Å²) in [6.07, 6.45) is 9.87. The number of hydrogen-bond acceptors (Lipinski definition) is 3. The van der Waals surface area contributed by atoms with Gasteiger partial charge in [-0.3, -0.25) is 4.98 Å². The SMILES string of the molecule is NC(=S)OC(CCCCC=C(c1ccccc1)c1cccnc1)c1ccccc1. The second-order valence-electron chi connectivity index (χ2n) is 6.85. The van der Waals surface area contributed by atoms with Crippen molar-refractivity contribution < 1.29 is 4.74 Å². The van der Waals surface area contributed by atoms with Gasteiger partial charge in [0.05, 0.1) is 0 Å². The van der Waals surface area contributed by atoms with Crippen molar-refractivity contribution in [3.05, 3.63) is 108 Å². The number of ether oxygens (including phenoxy) is 1. The van der Waals surface area contributed by atoms with Crippen LogP contribution in [-0.4, -0.2) is 10.2 Å². The number of unbranched alkanes of at least 4 members (excludes halogenated alkanes) is 2. The lowest BCUT2D eigenvalue weighted by atomic mass is 9.97. The van der Waals surface area contributed by atoms with Crippen LogP contribution in [0.3, 0.4) is 0 Å². The molecule has 29 heavy (non-hydrogen) atoms. The summed E-state index contributed by atoms with van der Waals surface area (Å²) in [6.45, 7) is 0. The van der Waals surface area contributed by atoms with Crippen LogP contribution in [0.1, 0.15) is 48.5 Å². The van der Waals surface area contributed by atoms with Gasteiger partial charge in [0.15, 0.2) is 0 Å². The van der Waals surface area contributed by atoms with Gasteiger partial charge in [0.1, 0.15) is 6.10 Å². The number of nitrogens with two attached hydrogens (primary N) is 1. The molecule has 0 aliphatic carbocycles. The lowest BCUT2D eigenvalue weighted by Crippen LogP contribution is -2.17. The molecule has 2 aromatic carbocycles. The van der Waals surface area contributed by atoms with E-state index >= 15 is 0 Å². The molecule has 0 amide bonds. The number of hydrogen-bond donors (Lipinski definition) is 1. The number of benzene rings is 2. The van der Waals surface area contributed by atoms with Gasteiger partial charge in [-0.1, -0.05) is 72.8 Å². The maximum atomic E-state index is 5.69. The predicted octanol–water partition coefficient (Wildman–Crippen LogP) is 6.08. The monoisotopic (exact) mass is 402 g/mol. The third kappa shape index (κ3) is 6.54. The fourth-order valence-electron chi connectivity index (χ4n) is 3.36. The number of pyridine rings is 1. The molecule has 1 heterocycles. The van der Waals surface area contributed by atoms with E-state index in [0.717, 1.165) is 36.8 Å². The standard InChI is InChI=1S/C25H26N2OS/c26-25(29)28-24(21-13-6-2-7-14-21)17-9-3-8-16-23(20-11-4-1-5-12-20)22-15-10-18-27-19-22/h1-2,4-7,10-16,18-19,24H,3,8-9,17H2,(H2,26,29). The molecule has 0 saturated heterocycles. The zero-order valence-corrected chi connectivity index (χ0v) is 17.2. The van der Waals surface area contributed by atoms with Crippen molar-refractivity contribution in [3.8, 4) is 0 Å². The van der Waals surface area contributed by atoms with Gasteiger partial charge in [0.25, 0.3) is 5.17 Å². The Morgan fingerprint density at radius 3 is 2.28 bits per heavy atom. The van der Waals surface area contributed by atoms with Crippen LogP contribution in [0.5, 0.6) is 0 Å². The Morgan fingerprint density at radius 1 is 0.931 bits per heavy atom. The molecule has 1 aromatic heterocycles. The quantitative estimate of drug-likeness (QED) is 0.348. The molecule has 0 aliphatic heterocycles. The molecule has 148 valence electrons. The third-order valence-electron chi connectivity index (χ3n) is 4.76. The van der Waals surface area contributed by atoms with Crippen molar-refractivity contribution in [1.29, 1.82) is 0 Å². The highest BCUT2D eigenvalue weighted by molar-refractivity contribution is 7.80. The molecular formula is C25H26N2OS. The van der Waals surface area contributed by atoms with E-state index in [4.69, 9.17) is 22.7 Å². The van der Waals surface area contributed by atoms with Crippen LogP contribution < -0.4 is 5.73 Å².